The lowest BCUT2D eigenvalue weighted by molar-refractivity contribution is 0.177. The molecule has 1 atom stereocenters. The van der Waals surface area contributed by atoms with Crippen molar-refractivity contribution in [2.45, 2.75) is 32.4 Å². The zero-order chi connectivity index (χ0) is 11.9. The fourth-order valence-electron chi connectivity index (χ4n) is 1.03. The molecule has 0 aromatic heterocycles. The Morgan fingerprint density at radius 3 is 2.47 bits per heavy atom. The van der Waals surface area contributed by atoms with Crippen LogP contribution < -0.4 is 15.2 Å². The third-order valence-corrected chi connectivity index (χ3v) is 2.94. The van der Waals surface area contributed by atoms with E-state index < -0.39 is 10.2 Å². The standard InChI is InChI=1S/C8H21N3O3S/c1-7(2)11-15(12,13)10-5-4-8(9)6-14-3/h7-8,10-11H,4-6,9H2,1-3H3. The Kier molecular flexibility index (Phi) is 7.03. The predicted molar refractivity (Wildman–Crippen MR) is 59.7 cm³/mol. The number of methoxy groups -OCH3 is 1. The third-order valence-electron chi connectivity index (χ3n) is 1.58. The molecule has 0 aromatic carbocycles. The largest absolute Gasteiger partial charge is 0.383 e. The molecule has 92 valence electrons. The minimum absolute atomic E-state index is 0.116. The maximum absolute atomic E-state index is 11.3. The summed E-state index contributed by atoms with van der Waals surface area (Å²) in [6.07, 6.45) is 0.548. The van der Waals surface area contributed by atoms with Gasteiger partial charge in [0.2, 0.25) is 0 Å². The average Bonchev–Trinajstić information content (AvgIpc) is 2.01. The first-order valence-corrected chi connectivity index (χ1v) is 6.37. The first kappa shape index (κ1) is 14.8. The Morgan fingerprint density at radius 2 is 2.00 bits per heavy atom. The first-order valence-electron chi connectivity index (χ1n) is 4.89. The molecule has 0 fully saturated rings. The summed E-state index contributed by atoms with van der Waals surface area (Å²) in [6.45, 7) is 4.26. The van der Waals surface area contributed by atoms with Crippen LogP contribution in [0.5, 0.6) is 0 Å². The van der Waals surface area contributed by atoms with E-state index in [4.69, 9.17) is 10.5 Å². The number of hydrogen-bond acceptors (Lipinski definition) is 4. The second kappa shape index (κ2) is 7.13. The monoisotopic (exact) mass is 239 g/mol. The molecule has 0 heterocycles. The summed E-state index contributed by atoms with van der Waals surface area (Å²) in [5.41, 5.74) is 5.63. The van der Waals surface area contributed by atoms with Gasteiger partial charge in [-0.05, 0) is 20.3 Å². The summed E-state index contributed by atoms with van der Waals surface area (Å²) in [5.74, 6) is 0. The van der Waals surface area contributed by atoms with Gasteiger partial charge in [-0.3, -0.25) is 0 Å². The highest BCUT2D eigenvalue weighted by atomic mass is 32.2. The topological polar surface area (TPSA) is 93.4 Å². The van der Waals surface area contributed by atoms with Gasteiger partial charge in [-0.2, -0.15) is 13.1 Å². The molecule has 0 saturated heterocycles. The average molecular weight is 239 g/mol. The zero-order valence-electron chi connectivity index (χ0n) is 9.49. The van der Waals surface area contributed by atoms with Gasteiger partial charge in [-0.15, -0.1) is 0 Å². The molecule has 4 N–H and O–H groups in total. The van der Waals surface area contributed by atoms with Crippen LogP contribution in [0.2, 0.25) is 0 Å². The number of nitrogens with one attached hydrogen (secondary N) is 2. The summed E-state index contributed by atoms with van der Waals surface area (Å²) in [6, 6.07) is -0.258. The molecule has 15 heavy (non-hydrogen) atoms. The second-order valence-corrected chi connectivity index (χ2v) is 5.21. The Balaban J connectivity index is 3.75. The maximum Gasteiger partial charge on any atom is 0.277 e. The van der Waals surface area contributed by atoms with Gasteiger partial charge in [0.25, 0.3) is 10.2 Å². The van der Waals surface area contributed by atoms with Crippen LogP contribution in [0.1, 0.15) is 20.3 Å². The smallest absolute Gasteiger partial charge is 0.277 e. The van der Waals surface area contributed by atoms with Crippen LogP contribution in [-0.4, -0.2) is 40.8 Å². The molecule has 0 aliphatic heterocycles. The van der Waals surface area contributed by atoms with E-state index in [1.165, 1.54) is 0 Å². The van der Waals surface area contributed by atoms with Gasteiger partial charge < -0.3 is 10.5 Å². The van der Waals surface area contributed by atoms with E-state index in [9.17, 15) is 8.42 Å². The number of ether oxygens (including phenoxy) is 1. The predicted octanol–water partition coefficient (Wildman–Crippen LogP) is -0.817. The van der Waals surface area contributed by atoms with Gasteiger partial charge in [0.15, 0.2) is 0 Å². The van der Waals surface area contributed by atoms with E-state index in [0.717, 1.165) is 0 Å². The minimum atomic E-state index is -3.39. The van der Waals surface area contributed by atoms with Gasteiger partial charge >= 0.3 is 0 Å². The molecule has 0 spiro atoms. The van der Waals surface area contributed by atoms with Crippen LogP contribution in [0, 0.1) is 0 Å². The summed E-state index contributed by atoms with van der Waals surface area (Å²) in [5, 5.41) is 0. The molecule has 7 heteroatoms. The fraction of sp³-hybridized carbons (Fsp3) is 1.00. The lowest BCUT2D eigenvalue weighted by Crippen LogP contribution is -2.42. The molecule has 0 saturated carbocycles. The molecular formula is C8H21N3O3S. The van der Waals surface area contributed by atoms with Gasteiger partial charge in [0.05, 0.1) is 6.61 Å². The SMILES string of the molecule is COCC(N)CCNS(=O)(=O)NC(C)C. The highest BCUT2D eigenvalue weighted by Gasteiger charge is 2.11. The molecule has 1 unspecified atom stereocenters. The van der Waals surface area contributed by atoms with Gasteiger partial charge in [-0.25, -0.2) is 4.72 Å². The van der Waals surface area contributed by atoms with Crippen molar-refractivity contribution in [3.63, 3.8) is 0 Å². The highest BCUT2D eigenvalue weighted by molar-refractivity contribution is 7.87. The van der Waals surface area contributed by atoms with Crippen LogP contribution in [-0.2, 0) is 14.9 Å². The van der Waals surface area contributed by atoms with E-state index in [1.54, 1.807) is 21.0 Å². The molecule has 0 aliphatic rings. The zero-order valence-corrected chi connectivity index (χ0v) is 10.3. The molecule has 0 radical (unpaired) electrons. The Morgan fingerprint density at radius 1 is 1.40 bits per heavy atom. The van der Waals surface area contributed by atoms with E-state index in [0.29, 0.717) is 19.6 Å². The van der Waals surface area contributed by atoms with Crippen molar-refractivity contribution in [1.82, 2.24) is 9.44 Å². The molecule has 0 aromatic rings. The van der Waals surface area contributed by atoms with Crippen molar-refractivity contribution in [3.8, 4) is 0 Å². The summed E-state index contributed by atoms with van der Waals surface area (Å²) >= 11 is 0. The van der Waals surface area contributed by atoms with Crippen LogP contribution in [0.4, 0.5) is 0 Å². The van der Waals surface area contributed by atoms with Crippen LogP contribution in [0.15, 0.2) is 0 Å². The second-order valence-electron chi connectivity index (χ2n) is 3.67. The van der Waals surface area contributed by atoms with Crippen LogP contribution >= 0.6 is 0 Å². The Hall–Kier alpha value is -0.210. The van der Waals surface area contributed by atoms with Crippen molar-refractivity contribution in [2.75, 3.05) is 20.3 Å². The van der Waals surface area contributed by atoms with E-state index in [1.807, 2.05) is 0 Å². The summed E-state index contributed by atoms with van der Waals surface area (Å²) < 4.78 is 32.2. The van der Waals surface area contributed by atoms with Crippen molar-refractivity contribution >= 4 is 10.2 Å². The lowest BCUT2D eigenvalue weighted by atomic mass is 10.2. The van der Waals surface area contributed by atoms with Crippen molar-refractivity contribution in [3.05, 3.63) is 0 Å². The normalized spacial score (nSPS) is 14.5. The number of nitrogens with two attached hydrogens (primary N) is 1. The minimum Gasteiger partial charge on any atom is -0.383 e. The molecular weight excluding hydrogens is 218 g/mol. The molecule has 0 bridgehead atoms. The Bertz CT molecular complexity index is 254. The number of hydrogen-bond donors (Lipinski definition) is 3. The molecule has 6 nitrogen and oxygen atoms in total. The molecule has 0 rings (SSSR count). The van der Waals surface area contributed by atoms with E-state index in [-0.39, 0.29) is 12.1 Å². The lowest BCUT2D eigenvalue weighted by Gasteiger charge is -2.13. The molecule has 0 aliphatic carbocycles. The van der Waals surface area contributed by atoms with Crippen molar-refractivity contribution in [1.29, 1.82) is 0 Å². The molecule has 0 amide bonds. The number of rotatable bonds is 8. The van der Waals surface area contributed by atoms with Crippen molar-refractivity contribution < 1.29 is 13.2 Å². The van der Waals surface area contributed by atoms with Crippen molar-refractivity contribution in [2.24, 2.45) is 5.73 Å². The van der Waals surface area contributed by atoms with Crippen LogP contribution in [0.25, 0.3) is 0 Å². The quantitative estimate of drug-likeness (QED) is 0.516. The van der Waals surface area contributed by atoms with E-state index in [2.05, 4.69) is 9.44 Å². The third kappa shape index (κ3) is 8.76. The summed E-state index contributed by atoms with van der Waals surface area (Å²) in [7, 11) is -1.83. The maximum atomic E-state index is 11.3. The van der Waals surface area contributed by atoms with Gasteiger partial charge in [0.1, 0.15) is 0 Å². The van der Waals surface area contributed by atoms with Gasteiger partial charge in [-0.1, -0.05) is 0 Å². The van der Waals surface area contributed by atoms with Crippen LogP contribution in [0.3, 0.4) is 0 Å². The van der Waals surface area contributed by atoms with Gasteiger partial charge in [0, 0.05) is 25.7 Å². The van der Waals surface area contributed by atoms with E-state index >= 15 is 0 Å². The first-order chi connectivity index (χ1) is 6.87. The highest BCUT2D eigenvalue weighted by Crippen LogP contribution is 1.89. The Labute approximate surface area is 91.7 Å². The fourth-order valence-corrected chi connectivity index (χ4v) is 2.12. The summed E-state index contributed by atoms with van der Waals surface area (Å²) in [4.78, 5) is 0.